The molecule has 0 unspecified atom stereocenters. The van der Waals surface area contributed by atoms with E-state index in [1.807, 2.05) is 16.3 Å². The summed E-state index contributed by atoms with van der Waals surface area (Å²) in [7, 11) is 0. The Labute approximate surface area is 122 Å². The van der Waals surface area contributed by atoms with Crippen LogP contribution in [0.15, 0.2) is 11.4 Å². The monoisotopic (exact) mass is 294 g/mol. The van der Waals surface area contributed by atoms with Crippen LogP contribution in [-0.2, 0) is 0 Å². The summed E-state index contributed by atoms with van der Waals surface area (Å²) >= 11 is 1.38. The van der Waals surface area contributed by atoms with Crippen LogP contribution >= 0.6 is 11.3 Å². The van der Waals surface area contributed by atoms with E-state index in [0.29, 0.717) is 30.1 Å². The van der Waals surface area contributed by atoms with Crippen LogP contribution in [0.1, 0.15) is 15.2 Å². The van der Waals surface area contributed by atoms with Gasteiger partial charge in [0.2, 0.25) is 0 Å². The number of aliphatic hydroxyl groups is 2. The molecule has 1 saturated heterocycles. The van der Waals surface area contributed by atoms with E-state index in [1.54, 1.807) is 0 Å². The van der Waals surface area contributed by atoms with Crippen molar-refractivity contribution in [3.05, 3.63) is 21.9 Å². The molecule has 0 aromatic carbocycles. The van der Waals surface area contributed by atoms with Crippen LogP contribution < -0.4 is 0 Å². The van der Waals surface area contributed by atoms with Gasteiger partial charge in [0.05, 0.1) is 6.61 Å². The number of rotatable bonds is 3. The number of aliphatic hydroxyl groups excluding tert-OH is 2. The van der Waals surface area contributed by atoms with Crippen molar-refractivity contribution in [1.82, 2.24) is 9.80 Å². The molecular formula is C14H18N2O3S. The number of β-amino-alcohol motifs (C(OH)–C–C–N with tert-alkyl or cyclic N) is 1. The lowest BCUT2D eigenvalue weighted by Gasteiger charge is -2.34. The van der Waals surface area contributed by atoms with E-state index in [1.165, 1.54) is 11.3 Å². The highest BCUT2D eigenvalue weighted by Gasteiger charge is 2.23. The van der Waals surface area contributed by atoms with Gasteiger partial charge in [0.15, 0.2) is 0 Å². The molecule has 1 aliphatic heterocycles. The average Bonchev–Trinajstić information content (AvgIpc) is 2.94. The molecular weight excluding hydrogens is 276 g/mol. The van der Waals surface area contributed by atoms with Crippen molar-refractivity contribution < 1.29 is 15.0 Å². The van der Waals surface area contributed by atoms with Gasteiger partial charge in [-0.25, -0.2) is 0 Å². The zero-order valence-corrected chi connectivity index (χ0v) is 12.0. The van der Waals surface area contributed by atoms with Gasteiger partial charge in [0.1, 0.15) is 11.5 Å². The van der Waals surface area contributed by atoms with E-state index in [2.05, 4.69) is 16.7 Å². The molecule has 2 heterocycles. The Bertz CT molecular complexity index is 510. The molecule has 1 amide bonds. The number of nitrogens with zero attached hydrogens (tertiary/aromatic N) is 2. The van der Waals surface area contributed by atoms with Gasteiger partial charge in [-0.1, -0.05) is 11.8 Å². The Balaban J connectivity index is 2.00. The number of hydrogen-bond donors (Lipinski definition) is 2. The van der Waals surface area contributed by atoms with Crippen LogP contribution in [-0.4, -0.2) is 71.9 Å². The highest BCUT2D eigenvalue weighted by atomic mass is 32.1. The molecule has 1 aliphatic rings. The molecule has 1 aromatic heterocycles. The molecule has 0 aliphatic carbocycles. The van der Waals surface area contributed by atoms with Crippen LogP contribution in [0, 0.1) is 11.8 Å². The first-order valence-corrected chi connectivity index (χ1v) is 7.44. The number of carbonyl (C=O) groups excluding carboxylic acids is 1. The van der Waals surface area contributed by atoms with E-state index in [4.69, 9.17) is 10.2 Å². The quantitative estimate of drug-likeness (QED) is 0.761. The fourth-order valence-electron chi connectivity index (χ4n) is 2.17. The molecule has 1 fully saturated rings. The standard InChI is InChI=1S/C14H18N2O3S/c17-9-1-2-12-3-11-20-13(12)14(19)16-6-4-15(5-7-16)8-10-18/h3,11,17-18H,4-10H2. The molecule has 1 aromatic rings. The van der Waals surface area contributed by atoms with Crippen LogP contribution in [0.3, 0.4) is 0 Å². The third-order valence-corrected chi connectivity index (χ3v) is 4.14. The maximum absolute atomic E-state index is 12.4. The van der Waals surface area contributed by atoms with Gasteiger partial charge < -0.3 is 15.1 Å². The molecule has 0 saturated carbocycles. The average molecular weight is 294 g/mol. The SMILES string of the molecule is O=C(c1sccc1C#CCO)N1CCN(CCO)CC1. The van der Waals surface area contributed by atoms with Crippen LogP contribution in [0.25, 0.3) is 0 Å². The Morgan fingerprint density at radius 2 is 2.05 bits per heavy atom. The summed E-state index contributed by atoms with van der Waals surface area (Å²) < 4.78 is 0. The van der Waals surface area contributed by atoms with Crippen molar-refractivity contribution in [3.63, 3.8) is 0 Å². The lowest BCUT2D eigenvalue weighted by molar-refractivity contribution is 0.0619. The van der Waals surface area contributed by atoms with Gasteiger partial charge in [-0.05, 0) is 11.4 Å². The van der Waals surface area contributed by atoms with Crippen LogP contribution in [0.2, 0.25) is 0 Å². The predicted molar refractivity (Wildman–Crippen MR) is 77.7 cm³/mol. The smallest absolute Gasteiger partial charge is 0.265 e. The Morgan fingerprint density at radius 1 is 1.30 bits per heavy atom. The van der Waals surface area contributed by atoms with Crippen molar-refractivity contribution in [2.45, 2.75) is 0 Å². The largest absolute Gasteiger partial charge is 0.395 e. The molecule has 0 radical (unpaired) electrons. The molecule has 5 nitrogen and oxygen atoms in total. The molecule has 20 heavy (non-hydrogen) atoms. The third-order valence-electron chi connectivity index (χ3n) is 3.24. The predicted octanol–water partition coefficient (Wildman–Crippen LogP) is -0.158. The first-order valence-electron chi connectivity index (χ1n) is 6.56. The second kappa shape index (κ2) is 7.41. The first kappa shape index (κ1) is 15.0. The minimum atomic E-state index is -0.205. The molecule has 2 rings (SSSR count). The van der Waals surface area contributed by atoms with Crippen molar-refractivity contribution in [1.29, 1.82) is 0 Å². The van der Waals surface area contributed by atoms with Gasteiger partial charge in [-0.15, -0.1) is 11.3 Å². The Morgan fingerprint density at radius 3 is 2.70 bits per heavy atom. The maximum Gasteiger partial charge on any atom is 0.265 e. The number of hydrogen-bond acceptors (Lipinski definition) is 5. The number of piperazine rings is 1. The lowest BCUT2D eigenvalue weighted by Crippen LogP contribution is -2.49. The fourth-order valence-corrected chi connectivity index (χ4v) is 2.98. The number of thiophene rings is 1. The topological polar surface area (TPSA) is 64.0 Å². The lowest BCUT2D eigenvalue weighted by atomic mass is 10.2. The molecule has 0 atom stereocenters. The molecule has 6 heteroatoms. The second-order valence-electron chi connectivity index (χ2n) is 4.48. The first-order chi connectivity index (χ1) is 9.76. The zero-order valence-electron chi connectivity index (χ0n) is 11.2. The molecule has 0 bridgehead atoms. The van der Waals surface area contributed by atoms with Crippen molar-refractivity contribution in [3.8, 4) is 11.8 Å². The number of amides is 1. The summed E-state index contributed by atoms with van der Waals surface area (Å²) in [6, 6.07) is 1.81. The Hall–Kier alpha value is -1.39. The van der Waals surface area contributed by atoms with Gasteiger partial charge >= 0.3 is 0 Å². The van der Waals surface area contributed by atoms with Crippen LogP contribution in [0.5, 0.6) is 0 Å². The van der Waals surface area contributed by atoms with Gasteiger partial charge in [-0.2, -0.15) is 0 Å². The summed E-state index contributed by atoms with van der Waals surface area (Å²) in [6.07, 6.45) is 0. The van der Waals surface area contributed by atoms with Crippen molar-refractivity contribution >= 4 is 17.2 Å². The Kier molecular flexibility index (Phi) is 5.56. The normalized spacial score (nSPS) is 15.8. The summed E-state index contributed by atoms with van der Waals surface area (Å²) in [5.74, 6) is 5.40. The van der Waals surface area contributed by atoms with E-state index in [0.717, 1.165) is 13.1 Å². The van der Waals surface area contributed by atoms with Crippen molar-refractivity contribution in [2.75, 3.05) is 45.9 Å². The summed E-state index contributed by atoms with van der Waals surface area (Å²) in [4.78, 5) is 17.1. The highest BCUT2D eigenvalue weighted by Crippen LogP contribution is 2.19. The van der Waals surface area contributed by atoms with Gasteiger partial charge in [0, 0.05) is 38.3 Å². The molecule has 0 spiro atoms. The van der Waals surface area contributed by atoms with E-state index < -0.39 is 0 Å². The summed E-state index contributed by atoms with van der Waals surface area (Å²) in [6.45, 7) is 3.52. The van der Waals surface area contributed by atoms with Crippen LogP contribution in [0.4, 0.5) is 0 Å². The second-order valence-corrected chi connectivity index (χ2v) is 5.40. The highest BCUT2D eigenvalue weighted by molar-refractivity contribution is 7.12. The van der Waals surface area contributed by atoms with E-state index in [9.17, 15) is 4.79 Å². The molecule has 2 N–H and O–H groups in total. The van der Waals surface area contributed by atoms with E-state index >= 15 is 0 Å². The summed E-state index contributed by atoms with van der Waals surface area (Å²) in [5.41, 5.74) is 0.687. The van der Waals surface area contributed by atoms with E-state index in [-0.39, 0.29) is 19.1 Å². The van der Waals surface area contributed by atoms with Gasteiger partial charge in [-0.3, -0.25) is 9.69 Å². The minimum Gasteiger partial charge on any atom is -0.395 e. The van der Waals surface area contributed by atoms with Crippen molar-refractivity contribution in [2.24, 2.45) is 0 Å². The molecule has 108 valence electrons. The summed E-state index contributed by atoms with van der Waals surface area (Å²) in [5, 5.41) is 19.5. The number of carbonyl (C=O) groups is 1. The fraction of sp³-hybridized carbons (Fsp3) is 0.500. The van der Waals surface area contributed by atoms with Gasteiger partial charge in [0.25, 0.3) is 5.91 Å². The zero-order chi connectivity index (χ0) is 14.4. The minimum absolute atomic E-state index is 0.00545. The maximum atomic E-state index is 12.4. The third kappa shape index (κ3) is 3.58.